The van der Waals surface area contributed by atoms with E-state index in [0.717, 1.165) is 24.0 Å². The molecular formula is C27H29N5O5. The summed E-state index contributed by atoms with van der Waals surface area (Å²) in [6.07, 6.45) is 1.35. The van der Waals surface area contributed by atoms with E-state index < -0.39 is 23.1 Å². The summed E-state index contributed by atoms with van der Waals surface area (Å²) in [7, 11) is 0. The monoisotopic (exact) mass is 503 g/mol. The van der Waals surface area contributed by atoms with E-state index in [4.69, 9.17) is 10.6 Å². The Morgan fingerprint density at radius 1 is 1.08 bits per heavy atom. The standard InChI is InChI=1S/C27H29N5O5/c28-30-23(33)21-22(37-17-20-9-5-2-6-10-20)24(34)31-15-19-11-13-27(14-12-19,25(31)29-21)32(26(35)36)16-18-7-3-1-4-8-18/h1-10,19H,11-17,28H2,(H,30,33)(H,35,36). The van der Waals surface area contributed by atoms with Crippen molar-refractivity contribution in [1.82, 2.24) is 19.9 Å². The zero-order chi connectivity index (χ0) is 26.0. The van der Waals surface area contributed by atoms with Crippen LogP contribution in [0.25, 0.3) is 0 Å². The SMILES string of the molecule is NNC(=O)c1nc2n(c(=O)c1OCc1ccccc1)CC1CCC2(N(Cc2ccccc2)C(=O)O)CC1. The predicted octanol–water partition coefficient (Wildman–Crippen LogP) is 3.01. The lowest BCUT2D eigenvalue weighted by Crippen LogP contribution is -2.52. The van der Waals surface area contributed by atoms with Crippen molar-refractivity contribution < 1.29 is 19.4 Å². The number of nitrogen functional groups attached to an aromatic ring is 1. The fourth-order valence-electron chi connectivity index (χ4n) is 5.52. The first-order valence-corrected chi connectivity index (χ1v) is 12.3. The molecule has 3 heterocycles. The normalized spacial score (nSPS) is 20.0. The number of carbonyl (C=O) groups is 2. The first kappa shape index (κ1) is 24.5. The van der Waals surface area contributed by atoms with Crippen molar-refractivity contribution in [3.63, 3.8) is 0 Å². The molecule has 37 heavy (non-hydrogen) atoms. The topological polar surface area (TPSA) is 140 Å². The van der Waals surface area contributed by atoms with Crippen molar-refractivity contribution in [1.29, 1.82) is 0 Å². The molecule has 2 bridgehead atoms. The Morgan fingerprint density at radius 3 is 2.30 bits per heavy atom. The van der Waals surface area contributed by atoms with Gasteiger partial charge in [0.1, 0.15) is 18.0 Å². The average molecular weight is 504 g/mol. The molecule has 6 rings (SSSR count). The van der Waals surface area contributed by atoms with Crippen LogP contribution >= 0.6 is 0 Å². The molecule has 0 unspecified atom stereocenters. The highest BCUT2D eigenvalue weighted by atomic mass is 16.5. The van der Waals surface area contributed by atoms with Crippen LogP contribution in [0.1, 0.15) is 53.1 Å². The van der Waals surface area contributed by atoms with E-state index in [0.29, 0.717) is 19.4 Å². The number of fused-ring (bicyclic) bond motifs is 2. The Bertz CT molecular complexity index is 1350. The van der Waals surface area contributed by atoms with E-state index in [2.05, 4.69) is 10.4 Å². The molecule has 0 saturated heterocycles. The summed E-state index contributed by atoms with van der Waals surface area (Å²) in [5.74, 6) is 4.93. The lowest BCUT2D eigenvalue weighted by Gasteiger charge is -2.44. The number of aromatic nitrogens is 2. The van der Waals surface area contributed by atoms with Gasteiger partial charge in [-0.05, 0) is 42.7 Å². The third-order valence-corrected chi connectivity index (χ3v) is 7.42. The second-order valence-corrected chi connectivity index (χ2v) is 9.61. The maximum absolute atomic E-state index is 13.9. The number of hydrazine groups is 1. The summed E-state index contributed by atoms with van der Waals surface area (Å²) in [5.41, 5.74) is 1.87. The number of carbonyl (C=O) groups excluding carboxylic acids is 1. The number of hydrogen-bond acceptors (Lipinski definition) is 6. The second-order valence-electron chi connectivity index (χ2n) is 9.61. The van der Waals surface area contributed by atoms with E-state index in [-0.39, 0.29) is 36.3 Å². The van der Waals surface area contributed by atoms with E-state index in [1.807, 2.05) is 60.7 Å². The second kappa shape index (κ2) is 10.1. The molecule has 2 aromatic carbocycles. The van der Waals surface area contributed by atoms with Gasteiger partial charge in [-0.3, -0.25) is 24.5 Å². The molecule has 1 fully saturated rings. The number of hydrogen-bond donors (Lipinski definition) is 3. The van der Waals surface area contributed by atoms with Crippen LogP contribution in [0.5, 0.6) is 5.75 Å². The third kappa shape index (κ3) is 4.55. The van der Waals surface area contributed by atoms with E-state index in [1.165, 1.54) is 9.47 Å². The summed E-state index contributed by atoms with van der Waals surface area (Å²) in [5, 5.41) is 10.4. The molecule has 3 aliphatic rings. The van der Waals surface area contributed by atoms with Gasteiger partial charge in [-0.1, -0.05) is 60.7 Å². The van der Waals surface area contributed by atoms with Gasteiger partial charge in [0.2, 0.25) is 5.75 Å². The predicted molar refractivity (Wildman–Crippen MR) is 135 cm³/mol. The Kier molecular flexibility index (Phi) is 6.66. The number of nitrogens with zero attached hydrogens (tertiary/aromatic N) is 3. The summed E-state index contributed by atoms with van der Waals surface area (Å²) in [4.78, 5) is 45.4. The maximum Gasteiger partial charge on any atom is 0.408 e. The fraction of sp³-hybridized carbons (Fsp3) is 0.333. The van der Waals surface area contributed by atoms with Gasteiger partial charge in [-0.25, -0.2) is 15.6 Å². The van der Waals surface area contributed by atoms with Crippen molar-refractivity contribution in [3.05, 3.63) is 93.7 Å². The number of benzene rings is 2. The number of amides is 2. The van der Waals surface area contributed by atoms with Crippen LogP contribution in [-0.4, -0.2) is 31.6 Å². The van der Waals surface area contributed by atoms with Crippen molar-refractivity contribution in [2.75, 3.05) is 0 Å². The number of nitrogens with one attached hydrogen (secondary N) is 1. The number of ether oxygens (including phenoxy) is 1. The highest BCUT2D eigenvalue weighted by Gasteiger charge is 2.50. The van der Waals surface area contributed by atoms with Crippen LogP contribution < -0.4 is 21.6 Å². The zero-order valence-corrected chi connectivity index (χ0v) is 20.3. The molecule has 0 spiro atoms. The van der Waals surface area contributed by atoms with E-state index >= 15 is 0 Å². The minimum Gasteiger partial charge on any atom is -0.481 e. The van der Waals surface area contributed by atoms with Crippen LogP contribution in [0.2, 0.25) is 0 Å². The van der Waals surface area contributed by atoms with Gasteiger partial charge in [-0.2, -0.15) is 0 Å². The summed E-state index contributed by atoms with van der Waals surface area (Å²) >= 11 is 0. The largest absolute Gasteiger partial charge is 0.481 e. The van der Waals surface area contributed by atoms with Gasteiger partial charge < -0.3 is 9.84 Å². The molecule has 1 aromatic heterocycles. The molecule has 2 aliphatic heterocycles. The first-order chi connectivity index (χ1) is 17.9. The summed E-state index contributed by atoms with van der Waals surface area (Å²) < 4.78 is 7.38. The minimum absolute atomic E-state index is 0.0613. The minimum atomic E-state index is -1.11. The molecule has 1 saturated carbocycles. The molecule has 2 amide bonds. The number of nitrogens with two attached hydrogens (primary N) is 1. The van der Waals surface area contributed by atoms with Crippen molar-refractivity contribution >= 4 is 12.0 Å². The van der Waals surface area contributed by atoms with Crippen molar-refractivity contribution in [2.45, 2.75) is 50.9 Å². The van der Waals surface area contributed by atoms with Crippen molar-refractivity contribution in [2.24, 2.45) is 11.8 Å². The van der Waals surface area contributed by atoms with E-state index in [9.17, 15) is 19.5 Å². The Morgan fingerprint density at radius 2 is 1.70 bits per heavy atom. The summed E-state index contributed by atoms with van der Waals surface area (Å²) in [6.45, 7) is 0.571. The number of carboxylic acid groups (broad SMARTS) is 1. The lowest BCUT2D eigenvalue weighted by molar-refractivity contribution is 0.0317. The van der Waals surface area contributed by atoms with Gasteiger partial charge in [0.05, 0.1) is 6.54 Å². The Balaban J connectivity index is 1.65. The van der Waals surface area contributed by atoms with Gasteiger partial charge in [0.25, 0.3) is 11.5 Å². The molecule has 10 heteroatoms. The average Bonchev–Trinajstić information content (AvgIpc) is 3.18. The molecule has 4 N–H and O–H groups in total. The van der Waals surface area contributed by atoms with Crippen LogP contribution in [0, 0.1) is 5.92 Å². The Hall–Kier alpha value is -4.18. The molecule has 192 valence electrons. The molecule has 10 nitrogen and oxygen atoms in total. The van der Waals surface area contributed by atoms with Crippen LogP contribution in [0.3, 0.4) is 0 Å². The molecule has 1 aliphatic carbocycles. The van der Waals surface area contributed by atoms with Crippen molar-refractivity contribution in [3.8, 4) is 5.75 Å². The van der Waals surface area contributed by atoms with Gasteiger partial charge in [-0.15, -0.1) is 0 Å². The fourth-order valence-corrected chi connectivity index (χ4v) is 5.52. The molecule has 0 radical (unpaired) electrons. The molecule has 3 aromatic rings. The smallest absolute Gasteiger partial charge is 0.408 e. The lowest BCUT2D eigenvalue weighted by atomic mass is 9.76. The zero-order valence-electron chi connectivity index (χ0n) is 20.3. The Labute approximate surface area is 213 Å². The quantitative estimate of drug-likeness (QED) is 0.256. The van der Waals surface area contributed by atoms with Gasteiger partial charge in [0, 0.05) is 6.54 Å². The molecular weight excluding hydrogens is 474 g/mol. The van der Waals surface area contributed by atoms with E-state index in [1.54, 1.807) is 0 Å². The maximum atomic E-state index is 13.9. The third-order valence-electron chi connectivity index (χ3n) is 7.42. The first-order valence-electron chi connectivity index (χ1n) is 12.3. The highest BCUT2D eigenvalue weighted by Crippen LogP contribution is 2.47. The van der Waals surface area contributed by atoms with Gasteiger partial charge in [0.15, 0.2) is 5.69 Å². The summed E-state index contributed by atoms with van der Waals surface area (Å²) in [6, 6.07) is 18.6. The highest BCUT2D eigenvalue weighted by molar-refractivity contribution is 5.94. The van der Waals surface area contributed by atoms with Gasteiger partial charge >= 0.3 is 6.09 Å². The molecule has 0 atom stereocenters. The van der Waals surface area contributed by atoms with Crippen LogP contribution in [0.15, 0.2) is 65.5 Å². The number of rotatable bonds is 7. The van der Waals surface area contributed by atoms with Crippen LogP contribution in [-0.2, 0) is 25.2 Å². The van der Waals surface area contributed by atoms with Crippen LogP contribution in [0.4, 0.5) is 4.79 Å².